The second-order valence-electron chi connectivity index (χ2n) is 5.73. The van der Waals surface area contributed by atoms with Crippen LogP contribution in [0.25, 0.3) is 0 Å². The summed E-state index contributed by atoms with van der Waals surface area (Å²) in [7, 11) is -0.938. The first-order valence-corrected chi connectivity index (χ1v) is 9.28. The van der Waals surface area contributed by atoms with Gasteiger partial charge < -0.3 is 9.73 Å². The molecule has 1 heterocycles. The maximum Gasteiger partial charge on any atom is 0.315 e. The molecule has 0 unspecified atom stereocenters. The highest BCUT2D eigenvalue weighted by Crippen LogP contribution is 2.32. The van der Waals surface area contributed by atoms with E-state index in [-0.39, 0.29) is 0 Å². The molecule has 0 spiro atoms. The van der Waals surface area contributed by atoms with E-state index >= 15 is 0 Å². The van der Waals surface area contributed by atoms with Gasteiger partial charge in [-0.25, -0.2) is 0 Å². The van der Waals surface area contributed by atoms with Crippen LogP contribution < -0.4 is 5.32 Å². The van der Waals surface area contributed by atoms with Crippen LogP contribution in [-0.4, -0.2) is 20.7 Å². The number of anilines is 1. The highest BCUT2D eigenvalue weighted by molar-refractivity contribution is 7.84. The monoisotopic (exact) mass is 319 g/mol. The first kappa shape index (κ1) is 15.2. The van der Waals surface area contributed by atoms with Crippen molar-refractivity contribution >= 4 is 16.8 Å². The average Bonchev–Trinajstić information content (AvgIpc) is 3.03. The van der Waals surface area contributed by atoms with Gasteiger partial charge >= 0.3 is 6.01 Å². The fraction of sp³-hybridized carbons (Fsp3) is 0.500. The van der Waals surface area contributed by atoms with E-state index in [0.29, 0.717) is 18.5 Å². The summed E-state index contributed by atoms with van der Waals surface area (Å²) in [4.78, 5) is 0.834. The van der Waals surface area contributed by atoms with Gasteiger partial charge in [0.1, 0.15) is 0 Å². The zero-order valence-electron chi connectivity index (χ0n) is 12.7. The Balaban J connectivity index is 1.57. The Morgan fingerprint density at radius 1 is 1.18 bits per heavy atom. The smallest absolute Gasteiger partial charge is 0.315 e. The van der Waals surface area contributed by atoms with Crippen LogP contribution in [0.2, 0.25) is 0 Å². The molecule has 1 aliphatic rings. The van der Waals surface area contributed by atoms with Gasteiger partial charge in [0.05, 0.1) is 0 Å². The van der Waals surface area contributed by atoms with Crippen molar-refractivity contribution in [3.8, 4) is 0 Å². The molecule has 1 atom stereocenters. The second kappa shape index (κ2) is 7.05. The molecule has 22 heavy (non-hydrogen) atoms. The highest BCUT2D eigenvalue weighted by atomic mass is 32.2. The van der Waals surface area contributed by atoms with Crippen LogP contribution in [0.3, 0.4) is 0 Å². The van der Waals surface area contributed by atoms with E-state index in [0.717, 1.165) is 29.2 Å². The van der Waals surface area contributed by atoms with E-state index in [1.807, 2.05) is 24.3 Å². The van der Waals surface area contributed by atoms with Crippen LogP contribution in [0.5, 0.6) is 0 Å². The Kier molecular flexibility index (Phi) is 4.87. The van der Waals surface area contributed by atoms with Gasteiger partial charge in [-0.1, -0.05) is 36.5 Å². The van der Waals surface area contributed by atoms with E-state index < -0.39 is 10.8 Å². The highest BCUT2D eigenvalue weighted by Gasteiger charge is 2.21. The molecule has 6 heteroatoms. The first-order valence-electron chi connectivity index (χ1n) is 7.72. The van der Waals surface area contributed by atoms with E-state index in [1.165, 1.54) is 19.3 Å². The van der Waals surface area contributed by atoms with Gasteiger partial charge in [0, 0.05) is 34.4 Å². The van der Waals surface area contributed by atoms with Crippen molar-refractivity contribution in [3.05, 3.63) is 35.7 Å². The van der Waals surface area contributed by atoms with Crippen molar-refractivity contribution in [1.82, 2.24) is 10.2 Å². The van der Waals surface area contributed by atoms with Crippen LogP contribution in [0.1, 0.15) is 49.5 Å². The summed E-state index contributed by atoms with van der Waals surface area (Å²) in [5, 5.41) is 11.4. The topological polar surface area (TPSA) is 68.0 Å². The number of hydrogen-bond donors (Lipinski definition) is 1. The summed E-state index contributed by atoms with van der Waals surface area (Å²) < 4.78 is 17.1. The minimum absolute atomic E-state index is 0.426. The third-order valence-corrected chi connectivity index (χ3v) is 5.03. The van der Waals surface area contributed by atoms with Crippen LogP contribution >= 0.6 is 0 Å². The zero-order chi connectivity index (χ0) is 15.4. The van der Waals surface area contributed by atoms with E-state index in [9.17, 15) is 4.21 Å². The molecule has 5 nitrogen and oxygen atoms in total. The van der Waals surface area contributed by atoms with Crippen molar-refractivity contribution < 1.29 is 8.63 Å². The van der Waals surface area contributed by atoms with Gasteiger partial charge in [-0.05, 0) is 30.5 Å². The molecule has 0 saturated heterocycles. The molecule has 1 aromatic heterocycles. The minimum atomic E-state index is -0.938. The molecule has 118 valence electrons. The summed E-state index contributed by atoms with van der Waals surface area (Å²) >= 11 is 0. The molecule has 0 amide bonds. The van der Waals surface area contributed by atoms with E-state index in [1.54, 1.807) is 6.26 Å². The van der Waals surface area contributed by atoms with Crippen molar-refractivity contribution in [2.45, 2.75) is 49.5 Å². The lowest BCUT2D eigenvalue weighted by Gasteiger charge is -2.17. The molecule has 1 fully saturated rings. The Morgan fingerprint density at radius 2 is 1.91 bits per heavy atom. The summed E-state index contributed by atoms with van der Waals surface area (Å²) in [5.74, 6) is 1.19. The maximum absolute atomic E-state index is 11.4. The number of benzene rings is 1. The summed E-state index contributed by atoms with van der Waals surface area (Å²) in [6.07, 6.45) is 7.79. The molecule has 1 aliphatic carbocycles. The molecule has 1 saturated carbocycles. The van der Waals surface area contributed by atoms with E-state index in [4.69, 9.17) is 4.42 Å². The van der Waals surface area contributed by atoms with Crippen LogP contribution in [0.15, 0.2) is 33.6 Å². The molecule has 0 bridgehead atoms. The van der Waals surface area contributed by atoms with E-state index in [2.05, 4.69) is 15.5 Å². The van der Waals surface area contributed by atoms with Gasteiger partial charge in [-0.2, -0.15) is 0 Å². The lowest BCUT2D eigenvalue weighted by atomic mass is 9.89. The Hall–Kier alpha value is -1.69. The van der Waals surface area contributed by atoms with Crippen molar-refractivity contribution in [1.29, 1.82) is 0 Å². The Labute approximate surface area is 133 Å². The largest absolute Gasteiger partial charge is 0.408 e. The fourth-order valence-corrected chi connectivity index (χ4v) is 3.32. The molecule has 1 N–H and O–H groups in total. The van der Waals surface area contributed by atoms with Crippen molar-refractivity contribution in [2.75, 3.05) is 11.6 Å². The van der Waals surface area contributed by atoms with Crippen molar-refractivity contribution in [3.63, 3.8) is 0 Å². The molecule has 1 aromatic carbocycles. The standard InChI is InChI=1S/C16H21N3O2S/c1-22(20)14-9-7-12(8-10-14)11-17-16-19-18-15(21-16)13-5-3-2-4-6-13/h7-10,13H,2-6,11H2,1H3,(H,17,19)/t22-/m0/s1. The molecular weight excluding hydrogens is 298 g/mol. The van der Waals surface area contributed by atoms with Gasteiger partial charge in [0.15, 0.2) is 0 Å². The lowest BCUT2D eigenvalue weighted by Crippen LogP contribution is -2.04. The molecule has 2 aromatic rings. The summed E-state index contributed by atoms with van der Waals surface area (Å²) in [5.41, 5.74) is 1.09. The van der Waals surface area contributed by atoms with Crippen molar-refractivity contribution in [2.24, 2.45) is 0 Å². The summed E-state index contributed by atoms with van der Waals surface area (Å²) in [6, 6.07) is 8.16. The number of aromatic nitrogens is 2. The van der Waals surface area contributed by atoms with Crippen LogP contribution in [0.4, 0.5) is 6.01 Å². The van der Waals surface area contributed by atoms with Crippen LogP contribution in [0, 0.1) is 0 Å². The SMILES string of the molecule is C[S@](=O)c1ccc(CNc2nnc(C3CCCCC3)o2)cc1. The van der Waals surface area contributed by atoms with Gasteiger partial charge in [0.2, 0.25) is 5.89 Å². The molecule has 0 radical (unpaired) electrons. The Bertz CT molecular complexity index is 633. The second-order valence-corrected chi connectivity index (χ2v) is 7.11. The third kappa shape index (κ3) is 3.74. The third-order valence-electron chi connectivity index (χ3n) is 4.09. The normalized spacial score (nSPS) is 17.3. The average molecular weight is 319 g/mol. The predicted octanol–water partition coefficient (Wildman–Crippen LogP) is 3.47. The number of rotatable bonds is 5. The maximum atomic E-state index is 11.4. The molecule has 0 aliphatic heterocycles. The predicted molar refractivity (Wildman–Crippen MR) is 86.2 cm³/mol. The van der Waals surface area contributed by atoms with Gasteiger partial charge in [0.25, 0.3) is 0 Å². The fourth-order valence-electron chi connectivity index (χ4n) is 2.80. The van der Waals surface area contributed by atoms with Crippen LogP contribution in [-0.2, 0) is 17.3 Å². The minimum Gasteiger partial charge on any atom is -0.408 e. The first-order chi connectivity index (χ1) is 10.7. The molecule has 3 rings (SSSR count). The number of nitrogens with one attached hydrogen (secondary N) is 1. The van der Waals surface area contributed by atoms with Gasteiger partial charge in [-0.3, -0.25) is 4.21 Å². The Morgan fingerprint density at radius 3 is 2.59 bits per heavy atom. The number of hydrogen-bond acceptors (Lipinski definition) is 5. The quantitative estimate of drug-likeness (QED) is 0.914. The zero-order valence-corrected chi connectivity index (χ0v) is 13.6. The lowest BCUT2D eigenvalue weighted by molar-refractivity contribution is 0.367. The van der Waals surface area contributed by atoms with Gasteiger partial charge in [-0.15, -0.1) is 5.10 Å². The summed E-state index contributed by atoms with van der Waals surface area (Å²) in [6.45, 7) is 0.614. The number of nitrogens with zero attached hydrogens (tertiary/aromatic N) is 2. The molecular formula is C16H21N3O2S.